The molecule has 0 spiro atoms. The molecule has 8 aromatic rings. The predicted molar refractivity (Wildman–Crippen MR) is 154 cm³/mol. The Balaban J connectivity index is 1.70. The van der Waals surface area contributed by atoms with Crippen molar-refractivity contribution in [3.63, 3.8) is 0 Å². The maximum Gasteiger partial charge on any atom is 0.165 e. The van der Waals surface area contributed by atoms with Gasteiger partial charge in [-0.15, -0.1) is 0 Å². The molecule has 0 saturated carbocycles. The van der Waals surface area contributed by atoms with E-state index in [0.29, 0.717) is 0 Å². The largest absolute Gasteiger partial charge is 0.291 e. The SMILES string of the molecule is c1ccc(-c2cc(-c3ccccc3)n3c4nc5ccccc5nc4c4c5ccccc5ccc4c23)cc1. The number of fused-ring (bicyclic) bond motifs is 9. The monoisotopic (exact) mass is 471 g/mol. The molecule has 0 aliphatic heterocycles. The van der Waals surface area contributed by atoms with Crippen LogP contribution in [0.2, 0.25) is 0 Å². The minimum absolute atomic E-state index is 0.874. The molecule has 5 aromatic carbocycles. The van der Waals surface area contributed by atoms with Crippen molar-refractivity contribution in [1.29, 1.82) is 0 Å². The third-order valence-corrected chi connectivity index (χ3v) is 7.34. The Morgan fingerprint density at radius 3 is 1.95 bits per heavy atom. The van der Waals surface area contributed by atoms with Crippen LogP contribution in [-0.4, -0.2) is 14.4 Å². The molecule has 3 nitrogen and oxygen atoms in total. The number of aromatic nitrogens is 3. The molecule has 0 unspecified atom stereocenters. The van der Waals surface area contributed by atoms with Crippen LogP contribution in [0.4, 0.5) is 0 Å². The quantitative estimate of drug-likeness (QED) is 0.186. The molecule has 3 aromatic heterocycles. The zero-order valence-corrected chi connectivity index (χ0v) is 20.0. The van der Waals surface area contributed by atoms with Crippen LogP contribution in [0.25, 0.3) is 71.6 Å². The van der Waals surface area contributed by atoms with E-state index in [2.05, 4.69) is 108 Å². The molecule has 3 heteroatoms. The van der Waals surface area contributed by atoms with Crippen molar-refractivity contribution in [1.82, 2.24) is 14.4 Å². The minimum atomic E-state index is 0.874. The standard InChI is InChI=1S/C34H21N3/c1-3-11-22(12-4-1)27-21-30(24-14-5-2-6-15-24)37-33(27)26-20-19-23-13-7-8-16-25(23)31(26)32-34(37)36-29-18-10-9-17-28(29)35-32/h1-21H. The first-order chi connectivity index (χ1) is 18.4. The van der Waals surface area contributed by atoms with Crippen LogP contribution >= 0.6 is 0 Å². The Morgan fingerprint density at radius 1 is 0.514 bits per heavy atom. The van der Waals surface area contributed by atoms with E-state index in [1.54, 1.807) is 0 Å². The lowest BCUT2D eigenvalue weighted by molar-refractivity contribution is 1.21. The fourth-order valence-corrected chi connectivity index (χ4v) is 5.69. The molecule has 0 atom stereocenters. The van der Waals surface area contributed by atoms with Crippen molar-refractivity contribution >= 4 is 49.3 Å². The number of para-hydroxylation sites is 2. The van der Waals surface area contributed by atoms with E-state index in [-0.39, 0.29) is 0 Å². The number of hydrogen-bond donors (Lipinski definition) is 0. The summed E-state index contributed by atoms with van der Waals surface area (Å²) in [5.41, 5.74) is 9.38. The lowest BCUT2D eigenvalue weighted by Gasteiger charge is -2.14. The maximum atomic E-state index is 5.26. The van der Waals surface area contributed by atoms with Crippen molar-refractivity contribution in [2.45, 2.75) is 0 Å². The van der Waals surface area contributed by atoms with Crippen LogP contribution in [0.15, 0.2) is 127 Å². The highest BCUT2D eigenvalue weighted by molar-refractivity contribution is 6.24. The van der Waals surface area contributed by atoms with Crippen LogP contribution < -0.4 is 0 Å². The molecule has 0 saturated heterocycles. The highest BCUT2D eigenvalue weighted by Gasteiger charge is 2.21. The van der Waals surface area contributed by atoms with Crippen molar-refractivity contribution in [2.75, 3.05) is 0 Å². The lowest BCUT2D eigenvalue weighted by Crippen LogP contribution is -1.99. The van der Waals surface area contributed by atoms with Gasteiger partial charge in [0.25, 0.3) is 0 Å². The molecule has 0 N–H and O–H groups in total. The topological polar surface area (TPSA) is 30.2 Å². The third-order valence-electron chi connectivity index (χ3n) is 7.34. The van der Waals surface area contributed by atoms with E-state index >= 15 is 0 Å². The average Bonchev–Trinajstić information content (AvgIpc) is 3.38. The molecule has 0 fully saturated rings. The molecular weight excluding hydrogens is 450 g/mol. The highest BCUT2D eigenvalue weighted by Crippen LogP contribution is 2.42. The molecule has 0 bridgehead atoms. The van der Waals surface area contributed by atoms with Crippen LogP contribution in [0.5, 0.6) is 0 Å². The summed E-state index contributed by atoms with van der Waals surface area (Å²) in [5.74, 6) is 0. The van der Waals surface area contributed by atoms with Gasteiger partial charge < -0.3 is 0 Å². The molecule has 0 aliphatic carbocycles. The van der Waals surface area contributed by atoms with Gasteiger partial charge in [-0.2, -0.15) is 0 Å². The first kappa shape index (κ1) is 20.2. The van der Waals surface area contributed by atoms with E-state index in [0.717, 1.165) is 44.4 Å². The summed E-state index contributed by atoms with van der Waals surface area (Å²) in [4.78, 5) is 10.5. The lowest BCUT2D eigenvalue weighted by atomic mass is 9.98. The molecular formula is C34H21N3. The van der Waals surface area contributed by atoms with E-state index in [1.807, 2.05) is 24.3 Å². The van der Waals surface area contributed by atoms with E-state index in [1.165, 1.54) is 27.3 Å². The zero-order valence-electron chi connectivity index (χ0n) is 20.0. The molecule has 37 heavy (non-hydrogen) atoms. The Labute approximate surface area is 213 Å². The van der Waals surface area contributed by atoms with Gasteiger partial charge in [0.05, 0.1) is 22.2 Å². The molecule has 0 aliphatic rings. The summed E-state index contributed by atoms with van der Waals surface area (Å²) in [5, 5.41) is 4.72. The second kappa shape index (κ2) is 7.74. The minimum Gasteiger partial charge on any atom is -0.291 e. The van der Waals surface area contributed by atoms with Crippen LogP contribution in [0.3, 0.4) is 0 Å². The number of rotatable bonds is 2. The second-order valence-corrected chi connectivity index (χ2v) is 9.45. The van der Waals surface area contributed by atoms with Gasteiger partial charge >= 0.3 is 0 Å². The van der Waals surface area contributed by atoms with E-state index < -0.39 is 0 Å². The van der Waals surface area contributed by atoms with Gasteiger partial charge in [0, 0.05) is 16.3 Å². The normalized spacial score (nSPS) is 11.8. The third kappa shape index (κ3) is 2.95. The Bertz CT molecular complexity index is 2070. The first-order valence-corrected chi connectivity index (χ1v) is 12.5. The molecule has 3 heterocycles. The van der Waals surface area contributed by atoms with Gasteiger partial charge in [-0.05, 0) is 40.1 Å². The highest BCUT2D eigenvalue weighted by atomic mass is 15.0. The number of benzene rings is 5. The molecule has 0 radical (unpaired) electrons. The summed E-state index contributed by atoms with van der Waals surface area (Å²) < 4.78 is 2.32. The number of pyridine rings is 1. The van der Waals surface area contributed by atoms with Gasteiger partial charge in [0.1, 0.15) is 5.52 Å². The van der Waals surface area contributed by atoms with Crippen LogP contribution in [0, 0.1) is 0 Å². The van der Waals surface area contributed by atoms with Gasteiger partial charge in [0.15, 0.2) is 5.65 Å². The summed E-state index contributed by atoms with van der Waals surface area (Å²) in [7, 11) is 0. The van der Waals surface area contributed by atoms with Crippen LogP contribution in [0.1, 0.15) is 0 Å². The van der Waals surface area contributed by atoms with Gasteiger partial charge in [-0.1, -0.05) is 109 Å². The van der Waals surface area contributed by atoms with Crippen molar-refractivity contribution in [3.05, 3.63) is 127 Å². The summed E-state index contributed by atoms with van der Waals surface area (Å²) in [6.07, 6.45) is 0. The summed E-state index contributed by atoms with van der Waals surface area (Å²) >= 11 is 0. The number of hydrogen-bond acceptors (Lipinski definition) is 2. The smallest absolute Gasteiger partial charge is 0.165 e. The van der Waals surface area contributed by atoms with Crippen molar-refractivity contribution < 1.29 is 0 Å². The van der Waals surface area contributed by atoms with Crippen molar-refractivity contribution in [2.24, 2.45) is 0 Å². The number of nitrogens with zero attached hydrogens (tertiary/aromatic N) is 3. The molecule has 172 valence electrons. The van der Waals surface area contributed by atoms with E-state index in [9.17, 15) is 0 Å². The fourth-order valence-electron chi connectivity index (χ4n) is 5.69. The molecule has 0 amide bonds. The van der Waals surface area contributed by atoms with Gasteiger partial charge in [-0.25, -0.2) is 9.97 Å². The van der Waals surface area contributed by atoms with Crippen molar-refractivity contribution in [3.8, 4) is 22.4 Å². The Hall–Kier alpha value is -5.02. The van der Waals surface area contributed by atoms with Gasteiger partial charge in [0.2, 0.25) is 0 Å². The first-order valence-electron chi connectivity index (χ1n) is 12.5. The maximum absolute atomic E-state index is 5.26. The van der Waals surface area contributed by atoms with Crippen LogP contribution in [-0.2, 0) is 0 Å². The Morgan fingerprint density at radius 2 is 1.16 bits per heavy atom. The van der Waals surface area contributed by atoms with E-state index in [4.69, 9.17) is 9.97 Å². The Kier molecular flexibility index (Phi) is 4.23. The summed E-state index contributed by atoms with van der Waals surface area (Å²) in [6.45, 7) is 0. The average molecular weight is 472 g/mol. The molecule has 8 rings (SSSR count). The second-order valence-electron chi connectivity index (χ2n) is 9.45. The zero-order chi connectivity index (χ0) is 24.3. The fraction of sp³-hybridized carbons (Fsp3) is 0. The summed E-state index contributed by atoms with van der Waals surface area (Å²) in [6, 6.07) is 44.7. The predicted octanol–water partition coefficient (Wildman–Crippen LogP) is 8.68. The van der Waals surface area contributed by atoms with Gasteiger partial charge in [-0.3, -0.25) is 4.40 Å².